The Kier molecular flexibility index (Phi) is 3.94. The van der Waals surface area contributed by atoms with E-state index < -0.39 is 0 Å². The van der Waals surface area contributed by atoms with Crippen molar-refractivity contribution in [2.75, 3.05) is 11.9 Å². The van der Waals surface area contributed by atoms with Crippen LogP contribution in [-0.2, 0) is 11.3 Å². The molecule has 0 aliphatic carbocycles. The largest absolute Gasteiger partial charge is 0.482 e. The van der Waals surface area contributed by atoms with Gasteiger partial charge in [0.15, 0.2) is 6.61 Å². The Hall–Kier alpha value is -3.89. The number of benzene rings is 1. The van der Waals surface area contributed by atoms with Crippen molar-refractivity contribution in [1.29, 1.82) is 0 Å². The van der Waals surface area contributed by atoms with E-state index in [0.717, 1.165) is 5.56 Å². The summed E-state index contributed by atoms with van der Waals surface area (Å²) < 4.78 is 5.30. The number of H-pyrrole nitrogens is 1. The number of tetrazole rings is 1. The number of aromatic amines is 1. The number of aromatic nitrogens is 6. The van der Waals surface area contributed by atoms with Crippen LogP contribution < -0.4 is 15.4 Å². The van der Waals surface area contributed by atoms with Crippen LogP contribution in [0.4, 0.5) is 5.69 Å². The highest BCUT2D eigenvalue weighted by atomic mass is 16.5. The summed E-state index contributed by atoms with van der Waals surface area (Å²) in [5.74, 6) is 0.274. The molecule has 0 spiro atoms. The summed E-state index contributed by atoms with van der Waals surface area (Å²) in [6, 6.07) is 6.77. The Morgan fingerprint density at radius 3 is 3.04 bits per heavy atom. The molecule has 0 radical (unpaired) electrons. The Labute approximate surface area is 146 Å². The number of nitrogens with zero attached hydrogens (tertiary/aromatic N) is 5. The molecule has 3 heterocycles. The second-order valence-electron chi connectivity index (χ2n) is 5.37. The lowest BCUT2D eigenvalue weighted by atomic mass is 10.1. The molecule has 26 heavy (non-hydrogen) atoms. The van der Waals surface area contributed by atoms with E-state index in [1.54, 1.807) is 18.2 Å². The third kappa shape index (κ3) is 3.17. The van der Waals surface area contributed by atoms with E-state index in [2.05, 4.69) is 41.2 Å². The van der Waals surface area contributed by atoms with E-state index in [1.807, 2.05) is 0 Å². The Morgan fingerprint density at radius 1 is 1.27 bits per heavy atom. The number of hydrogen-bond donors (Lipinski definition) is 3. The van der Waals surface area contributed by atoms with Crippen LogP contribution in [0, 0.1) is 0 Å². The van der Waals surface area contributed by atoms with Crippen LogP contribution in [0.25, 0.3) is 11.5 Å². The summed E-state index contributed by atoms with van der Waals surface area (Å²) in [5.41, 5.74) is 1.94. The first kappa shape index (κ1) is 15.6. The van der Waals surface area contributed by atoms with Gasteiger partial charge in [-0.3, -0.25) is 9.59 Å². The van der Waals surface area contributed by atoms with Crippen molar-refractivity contribution in [2.24, 2.45) is 0 Å². The highest BCUT2D eigenvalue weighted by Gasteiger charge is 2.16. The molecular weight excluding hydrogens is 340 g/mol. The molecule has 0 saturated heterocycles. The lowest BCUT2D eigenvalue weighted by Crippen LogP contribution is -2.26. The fourth-order valence-corrected chi connectivity index (χ4v) is 2.39. The number of carbonyl (C=O) groups is 2. The monoisotopic (exact) mass is 352 g/mol. The average molecular weight is 352 g/mol. The topological polar surface area (TPSA) is 148 Å². The zero-order valence-electron chi connectivity index (χ0n) is 13.3. The fraction of sp³-hybridized carbons (Fsp3) is 0.133. The second-order valence-corrected chi connectivity index (χ2v) is 5.37. The Morgan fingerprint density at radius 2 is 2.19 bits per heavy atom. The third-order valence-electron chi connectivity index (χ3n) is 3.60. The number of hydrogen-bond acceptors (Lipinski definition) is 8. The van der Waals surface area contributed by atoms with Gasteiger partial charge in [0.25, 0.3) is 11.8 Å². The van der Waals surface area contributed by atoms with Crippen LogP contribution in [0.3, 0.4) is 0 Å². The lowest BCUT2D eigenvalue weighted by molar-refractivity contribution is -0.118. The molecular formula is C15H12N8O3. The van der Waals surface area contributed by atoms with Crippen molar-refractivity contribution in [3.05, 3.63) is 41.9 Å². The maximum Gasteiger partial charge on any atom is 0.270 e. The van der Waals surface area contributed by atoms with Crippen LogP contribution >= 0.6 is 0 Å². The molecule has 0 unspecified atom stereocenters. The van der Waals surface area contributed by atoms with E-state index in [4.69, 9.17) is 4.74 Å². The fourth-order valence-electron chi connectivity index (χ4n) is 2.39. The van der Waals surface area contributed by atoms with E-state index in [9.17, 15) is 9.59 Å². The molecule has 4 rings (SSSR count). The number of carbonyl (C=O) groups excluding carboxylic acids is 2. The maximum absolute atomic E-state index is 12.3. The molecule has 0 fully saturated rings. The van der Waals surface area contributed by atoms with Crippen molar-refractivity contribution in [3.8, 4) is 17.3 Å². The molecule has 1 aliphatic rings. The molecule has 0 bridgehead atoms. The summed E-state index contributed by atoms with van der Waals surface area (Å²) in [5, 5.41) is 18.9. The van der Waals surface area contributed by atoms with Crippen molar-refractivity contribution >= 4 is 17.5 Å². The number of ether oxygens (including phenoxy) is 1. The summed E-state index contributed by atoms with van der Waals surface area (Å²) in [4.78, 5) is 31.7. The van der Waals surface area contributed by atoms with Crippen LogP contribution in [0.15, 0.2) is 30.6 Å². The number of nitrogens with one attached hydrogen (secondary N) is 3. The first-order chi connectivity index (χ1) is 12.7. The van der Waals surface area contributed by atoms with Crippen LogP contribution in [0.5, 0.6) is 5.75 Å². The summed E-state index contributed by atoms with van der Waals surface area (Å²) in [7, 11) is 0. The van der Waals surface area contributed by atoms with Gasteiger partial charge >= 0.3 is 0 Å². The van der Waals surface area contributed by atoms with Crippen LogP contribution in [0.2, 0.25) is 0 Å². The van der Waals surface area contributed by atoms with Crippen molar-refractivity contribution in [1.82, 2.24) is 35.9 Å². The highest BCUT2D eigenvalue weighted by molar-refractivity contribution is 5.95. The van der Waals surface area contributed by atoms with Crippen molar-refractivity contribution in [2.45, 2.75) is 6.54 Å². The summed E-state index contributed by atoms with van der Waals surface area (Å²) >= 11 is 0. The van der Waals surface area contributed by atoms with Gasteiger partial charge in [-0.15, -0.1) is 10.2 Å². The first-order valence-electron chi connectivity index (χ1n) is 7.59. The van der Waals surface area contributed by atoms with Gasteiger partial charge in [0, 0.05) is 6.54 Å². The minimum absolute atomic E-state index is 0.000491. The Bertz CT molecular complexity index is 973. The van der Waals surface area contributed by atoms with Crippen molar-refractivity contribution in [3.63, 3.8) is 0 Å². The molecule has 1 aromatic carbocycles. The molecule has 1 aliphatic heterocycles. The highest BCUT2D eigenvalue weighted by Crippen LogP contribution is 2.28. The molecule has 11 nitrogen and oxygen atoms in total. The molecule has 2 amide bonds. The zero-order chi connectivity index (χ0) is 17.9. The van der Waals surface area contributed by atoms with E-state index in [0.29, 0.717) is 17.1 Å². The minimum Gasteiger partial charge on any atom is -0.482 e. The zero-order valence-corrected chi connectivity index (χ0v) is 13.3. The first-order valence-corrected chi connectivity index (χ1v) is 7.59. The van der Waals surface area contributed by atoms with Crippen molar-refractivity contribution < 1.29 is 14.3 Å². The SMILES string of the molecule is O=C1COc2ccc(CNC(=O)c3cc(-c4nn[nH]n4)ncn3)cc2N1. The number of amides is 2. The molecule has 11 heteroatoms. The van der Waals surface area contributed by atoms with Gasteiger partial charge in [0.2, 0.25) is 5.82 Å². The normalized spacial score (nSPS) is 12.7. The summed E-state index contributed by atoms with van der Waals surface area (Å²) in [6.45, 7) is 0.253. The minimum atomic E-state index is -0.379. The molecule has 130 valence electrons. The van der Waals surface area contributed by atoms with Gasteiger partial charge in [0.1, 0.15) is 23.5 Å². The smallest absolute Gasteiger partial charge is 0.270 e. The van der Waals surface area contributed by atoms with E-state index in [-0.39, 0.29) is 36.5 Å². The second kappa shape index (κ2) is 6.55. The van der Waals surface area contributed by atoms with Gasteiger partial charge in [-0.1, -0.05) is 6.07 Å². The molecule has 0 atom stereocenters. The van der Waals surface area contributed by atoms with E-state index >= 15 is 0 Å². The predicted molar refractivity (Wildman–Crippen MR) is 86.9 cm³/mol. The Balaban J connectivity index is 1.45. The average Bonchev–Trinajstić information content (AvgIpc) is 3.20. The number of fused-ring (bicyclic) bond motifs is 1. The van der Waals surface area contributed by atoms with Gasteiger partial charge < -0.3 is 15.4 Å². The van der Waals surface area contributed by atoms with Crippen LogP contribution in [-0.4, -0.2) is 49.0 Å². The number of rotatable bonds is 4. The van der Waals surface area contributed by atoms with Gasteiger partial charge in [0.05, 0.1) is 5.69 Å². The molecule has 3 N–H and O–H groups in total. The predicted octanol–water partition coefficient (Wildman–Crippen LogP) is -0.0824. The maximum atomic E-state index is 12.3. The van der Waals surface area contributed by atoms with Gasteiger partial charge in [-0.2, -0.15) is 5.21 Å². The van der Waals surface area contributed by atoms with Crippen LogP contribution in [0.1, 0.15) is 16.1 Å². The van der Waals surface area contributed by atoms with Gasteiger partial charge in [-0.25, -0.2) is 9.97 Å². The van der Waals surface area contributed by atoms with E-state index in [1.165, 1.54) is 12.4 Å². The lowest BCUT2D eigenvalue weighted by Gasteiger charge is -2.18. The van der Waals surface area contributed by atoms with Gasteiger partial charge in [-0.05, 0) is 29.0 Å². The third-order valence-corrected chi connectivity index (χ3v) is 3.60. The molecule has 2 aromatic heterocycles. The molecule has 3 aromatic rings. The standard InChI is InChI=1S/C15H12N8O3/c24-13-6-26-12-2-1-8(3-9(12)19-13)5-16-15(25)11-4-10(17-7-18-11)14-20-22-23-21-14/h1-4,7H,5-6H2,(H,16,25)(H,19,24)(H,20,21,22,23). The summed E-state index contributed by atoms with van der Waals surface area (Å²) in [6.07, 6.45) is 1.26. The number of anilines is 1. The molecule has 0 saturated carbocycles. The quantitative estimate of drug-likeness (QED) is 0.590.